The second-order valence-corrected chi connectivity index (χ2v) is 4.06. The monoisotopic (exact) mass is 257 g/mol. The van der Waals surface area contributed by atoms with Gasteiger partial charge < -0.3 is 0 Å². The maximum atomic E-state index is 13.5. The molecule has 0 saturated carbocycles. The highest BCUT2D eigenvalue weighted by atomic mass is 19.1. The number of halogens is 2. The zero-order chi connectivity index (χ0) is 13.7. The van der Waals surface area contributed by atoms with Crippen LogP contribution in [0.25, 0.3) is 0 Å². The molecule has 0 fully saturated rings. The van der Waals surface area contributed by atoms with Gasteiger partial charge in [0.15, 0.2) is 0 Å². The van der Waals surface area contributed by atoms with Gasteiger partial charge in [-0.25, -0.2) is 13.8 Å². The fourth-order valence-corrected chi connectivity index (χ4v) is 1.71. The molecule has 1 atom stereocenters. The van der Waals surface area contributed by atoms with Gasteiger partial charge in [0.1, 0.15) is 11.6 Å². The van der Waals surface area contributed by atoms with Crippen LogP contribution in [0.2, 0.25) is 0 Å². The van der Waals surface area contributed by atoms with Crippen LogP contribution in [-0.4, -0.2) is 25.1 Å². The molecule has 1 rings (SSSR count). The fraction of sp³-hybridized carbons (Fsp3) is 0.462. The Bertz CT molecular complexity index is 423. The Hall–Kier alpha value is -1.49. The van der Waals surface area contributed by atoms with Crippen molar-refractivity contribution < 1.29 is 18.4 Å². The van der Waals surface area contributed by atoms with E-state index in [0.29, 0.717) is 12.0 Å². The van der Waals surface area contributed by atoms with E-state index in [-0.39, 0.29) is 18.2 Å². The maximum absolute atomic E-state index is 13.5. The molecule has 0 heterocycles. The summed E-state index contributed by atoms with van der Waals surface area (Å²) < 4.78 is 26.3. The van der Waals surface area contributed by atoms with E-state index >= 15 is 0 Å². The minimum absolute atomic E-state index is 0.219. The van der Waals surface area contributed by atoms with Crippen LogP contribution in [-0.2, 0) is 16.1 Å². The van der Waals surface area contributed by atoms with Crippen LogP contribution in [0.15, 0.2) is 18.2 Å². The summed E-state index contributed by atoms with van der Waals surface area (Å²) in [6, 6.07) is 3.38. The molecule has 1 aromatic carbocycles. The molecule has 1 amide bonds. The lowest BCUT2D eigenvalue weighted by molar-refractivity contribution is -0.173. The van der Waals surface area contributed by atoms with Crippen molar-refractivity contribution in [2.24, 2.45) is 5.92 Å². The molecule has 0 N–H and O–H groups in total. The van der Waals surface area contributed by atoms with E-state index in [4.69, 9.17) is 4.84 Å². The zero-order valence-electron chi connectivity index (χ0n) is 10.7. The molecule has 1 unspecified atom stereocenters. The van der Waals surface area contributed by atoms with Gasteiger partial charge in [-0.05, 0) is 24.5 Å². The van der Waals surface area contributed by atoms with Crippen molar-refractivity contribution in [1.82, 2.24) is 5.06 Å². The standard InChI is InChI=1S/C13H17F2NO2/c1-4-9(13(17)16(2)18-3)7-10-5-6-11(14)8-12(10)15/h5-6,8-9H,4,7H2,1-3H3. The van der Waals surface area contributed by atoms with E-state index in [9.17, 15) is 13.6 Å². The quantitative estimate of drug-likeness (QED) is 0.759. The first kappa shape index (κ1) is 14.6. The first-order valence-corrected chi connectivity index (χ1v) is 5.75. The summed E-state index contributed by atoms with van der Waals surface area (Å²) in [5.41, 5.74) is 0.334. The van der Waals surface area contributed by atoms with Crippen molar-refractivity contribution in [1.29, 1.82) is 0 Å². The second kappa shape index (κ2) is 6.44. The molecule has 1 aromatic rings. The Morgan fingerprint density at radius 1 is 1.44 bits per heavy atom. The Labute approximate surface area is 105 Å². The summed E-state index contributed by atoms with van der Waals surface area (Å²) in [5.74, 6) is -1.84. The predicted octanol–water partition coefficient (Wildman–Crippen LogP) is 2.55. The first-order valence-electron chi connectivity index (χ1n) is 5.75. The van der Waals surface area contributed by atoms with Gasteiger partial charge in [0.2, 0.25) is 5.91 Å². The molecule has 18 heavy (non-hydrogen) atoms. The Balaban J connectivity index is 2.83. The average molecular weight is 257 g/mol. The topological polar surface area (TPSA) is 29.5 Å². The number of hydrogen-bond donors (Lipinski definition) is 0. The molecule has 3 nitrogen and oxygen atoms in total. The number of rotatable bonds is 5. The summed E-state index contributed by atoms with van der Waals surface area (Å²) >= 11 is 0. The van der Waals surface area contributed by atoms with Gasteiger partial charge in [-0.2, -0.15) is 0 Å². The Morgan fingerprint density at radius 3 is 2.61 bits per heavy atom. The Morgan fingerprint density at radius 2 is 2.11 bits per heavy atom. The van der Waals surface area contributed by atoms with Crippen LogP contribution >= 0.6 is 0 Å². The van der Waals surface area contributed by atoms with E-state index in [1.165, 1.54) is 26.3 Å². The SMILES string of the molecule is CCC(Cc1ccc(F)cc1F)C(=O)N(C)OC. The van der Waals surface area contributed by atoms with Gasteiger partial charge in [0, 0.05) is 19.0 Å². The number of nitrogens with zero attached hydrogens (tertiary/aromatic N) is 1. The highest BCUT2D eigenvalue weighted by Gasteiger charge is 2.22. The van der Waals surface area contributed by atoms with E-state index in [1.54, 1.807) is 0 Å². The van der Waals surface area contributed by atoms with Crippen molar-refractivity contribution in [3.63, 3.8) is 0 Å². The van der Waals surface area contributed by atoms with Crippen molar-refractivity contribution in [3.05, 3.63) is 35.4 Å². The van der Waals surface area contributed by atoms with Crippen molar-refractivity contribution in [3.8, 4) is 0 Å². The third kappa shape index (κ3) is 3.50. The molecule has 0 radical (unpaired) electrons. The molecular formula is C13H17F2NO2. The van der Waals surface area contributed by atoms with Crippen LogP contribution in [0, 0.1) is 17.6 Å². The summed E-state index contributed by atoms with van der Waals surface area (Å²) in [7, 11) is 2.90. The molecule has 5 heteroatoms. The maximum Gasteiger partial charge on any atom is 0.249 e. The molecule has 0 saturated heterocycles. The van der Waals surface area contributed by atoms with Crippen molar-refractivity contribution in [2.45, 2.75) is 19.8 Å². The number of hydrogen-bond acceptors (Lipinski definition) is 2. The summed E-state index contributed by atoms with van der Waals surface area (Å²) in [6.07, 6.45) is 0.790. The van der Waals surface area contributed by atoms with E-state index in [0.717, 1.165) is 11.1 Å². The molecule has 0 aliphatic heterocycles. The summed E-state index contributed by atoms with van der Waals surface area (Å²) in [5, 5.41) is 1.12. The highest BCUT2D eigenvalue weighted by molar-refractivity contribution is 5.77. The number of carbonyl (C=O) groups is 1. The van der Waals surface area contributed by atoms with Gasteiger partial charge in [-0.3, -0.25) is 9.63 Å². The predicted molar refractivity (Wildman–Crippen MR) is 63.6 cm³/mol. The van der Waals surface area contributed by atoms with Crippen molar-refractivity contribution >= 4 is 5.91 Å². The van der Waals surface area contributed by atoms with Crippen LogP contribution in [0.3, 0.4) is 0 Å². The van der Waals surface area contributed by atoms with Crippen LogP contribution < -0.4 is 0 Å². The molecule has 0 spiro atoms. The number of carbonyl (C=O) groups excluding carboxylic acids is 1. The zero-order valence-corrected chi connectivity index (χ0v) is 10.7. The van der Waals surface area contributed by atoms with Gasteiger partial charge in [0.25, 0.3) is 0 Å². The lowest BCUT2D eigenvalue weighted by atomic mass is 9.95. The van der Waals surface area contributed by atoms with E-state index in [1.807, 2.05) is 6.92 Å². The molecule has 0 aliphatic rings. The lowest BCUT2D eigenvalue weighted by Gasteiger charge is -2.20. The molecule has 0 bridgehead atoms. The smallest absolute Gasteiger partial charge is 0.249 e. The first-order chi connectivity index (χ1) is 8.49. The third-order valence-electron chi connectivity index (χ3n) is 2.91. The average Bonchev–Trinajstić information content (AvgIpc) is 2.36. The van der Waals surface area contributed by atoms with Crippen molar-refractivity contribution in [2.75, 3.05) is 14.2 Å². The van der Waals surface area contributed by atoms with Crippen LogP contribution in [0.5, 0.6) is 0 Å². The highest BCUT2D eigenvalue weighted by Crippen LogP contribution is 2.18. The molecule has 0 aromatic heterocycles. The largest absolute Gasteiger partial charge is 0.275 e. The van der Waals surface area contributed by atoms with Gasteiger partial charge in [0.05, 0.1) is 7.11 Å². The Kier molecular flexibility index (Phi) is 5.22. The number of amides is 1. The van der Waals surface area contributed by atoms with Gasteiger partial charge in [-0.1, -0.05) is 13.0 Å². The lowest BCUT2D eigenvalue weighted by Crippen LogP contribution is -2.33. The van der Waals surface area contributed by atoms with Gasteiger partial charge >= 0.3 is 0 Å². The normalized spacial score (nSPS) is 12.3. The summed E-state index contributed by atoms with van der Waals surface area (Å²) in [6.45, 7) is 1.84. The van der Waals surface area contributed by atoms with Gasteiger partial charge in [-0.15, -0.1) is 0 Å². The summed E-state index contributed by atoms with van der Waals surface area (Å²) in [4.78, 5) is 16.7. The molecule has 100 valence electrons. The second-order valence-electron chi connectivity index (χ2n) is 4.06. The number of benzene rings is 1. The fourth-order valence-electron chi connectivity index (χ4n) is 1.71. The minimum atomic E-state index is -0.624. The molecule has 0 aliphatic carbocycles. The van der Waals surface area contributed by atoms with E-state index in [2.05, 4.69) is 0 Å². The van der Waals surface area contributed by atoms with E-state index < -0.39 is 11.6 Å². The van der Waals surface area contributed by atoms with Crippen LogP contribution in [0.1, 0.15) is 18.9 Å². The third-order valence-corrected chi connectivity index (χ3v) is 2.91. The minimum Gasteiger partial charge on any atom is -0.275 e. The number of hydroxylamine groups is 2. The van der Waals surface area contributed by atoms with Crippen LogP contribution in [0.4, 0.5) is 8.78 Å². The molecular weight excluding hydrogens is 240 g/mol.